The minimum atomic E-state index is -0.713. The van der Waals surface area contributed by atoms with E-state index in [1.165, 1.54) is 4.90 Å². The van der Waals surface area contributed by atoms with Crippen LogP contribution in [0.25, 0.3) is 0 Å². The van der Waals surface area contributed by atoms with Gasteiger partial charge in [-0.15, -0.1) is 0 Å². The number of hydrogen-bond donors (Lipinski definition) is 1. The molecule has 1 aromatic rings. The highest BCUT2D eigenvalue weighted by atomic mass is 16.3. The van der Waals surface area contributed by atoms with E-state index in [-0.39, 0.29) is 31.4 Å². The van der Waals surface area contributed by atoms with Gasteiger partial charge < -0.3 is 14.9 Å². The third kappa shape index (κ3) is 4.55. The van der Waals surface area contributed by atoms with Crippen molar-refractivity contribution in [1.82, 2.24) is 9.80 Å². The normalized spacial score (nSPS) is 19.2. The number of carbonyl (C=O) groups excluding carboxylic acids is 2. The number of benzene rings is 1. The van der Waals surface area contributed by atoms with Gasteiger partial charge in [-0.1, -0.05) is 31.0 Å². The summed E-state index contributed by atoms with van der Waals surface area (Å²) >= 11 is 0. The number of aliphatic hydroxyl groups is 1. The molecule has 2 rings (SSSR count). The van der Waals surface area contributed by atoms with E-state index >= 15 is 0 Å². The molecule has 1 aliphatic rings. The number of β-amino-alcohol motifs (C(OH)–C–C–N with tert-alkyl or cyclic N) is 1. The Morgan fingerprint density at radius 3 is 2.39 bits per heavy atom. The Morgan fingerprint density at radius 1 is 1.22 bits per heavy atom. The summed E-state index contributed by atoms with van der Waals surface area (Å²) in [5, 5.41) is 10.2. The molecule has 0 saturated carbocycles. The number of aryl methyl sites for hydroxylation is 2. The molecular weight excluding hydrogens is 292 g/mol. The number of carbonyl (C=O) groups is 2. The van der Waals surface area contributed by atoms with E-state index in [0.717, 1.165) is 11.1 Å². The van der Waals surface area contributed by atoms with Crippen LogP contribution in [0.4, 0.5) is 0 Å². The van der Waals surface area contributed by atoms with Crippen molar-refractivity contribution in [3.63, 3.8) is 0 Å². The van der Waals surface area contributed by atoms with Crippen LogP contribution in [-0.4, -0.2) is 59.0 Å². The molecule has 0 aliphatic carbocycles. The van der Waals surface area contributed by atoms with Gasteiger partial charge in [-0.05, 0) is 31.9 Å². The molecule has 1 unspecified atom stereocenters. The van der Waals surface area contributed by atoms with Crippen LogP contribution < -0.4 is 0 Å². The van der Waals surface area contributed by atoms with Crippen LogP contribution in [0.1, 0.15) is 35.3 Å². The molecule has 5 nitrogen and oxygen atoms in total. The summed E-state index contributed by atoms with van der Waals surface area (Å²) in [6, 6.07) is 5.65. The first-order valence-corrected chi connectivity index (χ1v) is 8.09. The zero-order valence-electron chi connectivity index (χ0n) is 14.4. The summed E-state index contributed by atoms with van der Waals surface area (Å²) in [6.45, 7) is 9.04. The van der Waals surface area contributed by atoms with Crippen molar-refractivity contribution in [2.75, 3.05) is 26.2 Å². The van der Waals surface area contributed by atoms with E-state index < -0.39 is 6.10 Å². The van der Waals surface area contributed by atoms with Crippen LogP contribution in [-0.2, 0) is 4.79 Å². The highest BCUT2D eigenvalue weighted by Gasteiger charge is 2.30. The van der Waals surface area contributed by atoms with Gasteiger partial charge in [0.2, 0.25) is 5.91 Å². The van der Waals surface area contributed by atoms with Crippen molar-refractivity contribution < 1.29 is 14.7 Å². The average molecular weight is 318 g/mol. The molecule has 1 aromatic carbocycles. The summed E-state index contributed by atoms with van der Waals surface area (Å²) in [5.41, 5.74) is 2.59. The maximum Gasteiger partial charge on any atom is 0.254 e. The molecule has 23 heavy (non-hydrogen) atoms. The van der Waals surface area contributed by atoms with Gasteiger partial charge in [0, 0.05) is 25.2 Å². The first-order valence-electron chi connectivity index (χ1n) is 8.09. The second-order valence-electron chi connectivity index (χ2n) is 6.91. The molecule has 1 saturated heterocycles. The van der Waals surface area contributed by atoms with E-state index in [1.54, 1.807) is 4.90 Å². The maximum absolute atomic E-state index is 12.7. The van der Waals surface area contributed by atoms with Crippen LogP contribution in [0.15, 0.2) is 18.2 Å². The largest absolute Gasteiger partial charge is 0.389 e. The van der Waals surface area contributed by atoms with Gasteiger partial charge in [0.05, 0.1) is 6.10 Å². The van der Waals surface area contributed by atoms with E-state index in [0.29, 0.717) is 18.0 Å². The molecule has 2 amide bonds. The lowest BCUT2D eigenvalue weighted by Gasteiger charge is -2.23. The Balaban J connectivity index is 2.19. The van der Waals surface area contributed by atoms with E-state index in [2.05, 4.69) is 0 Å². The lowest BCUT2D eigenvalue weighted by atomic mass is 10.1. The Morgan fingerprint density at radius 2 is 1.83 bits per heavy atom. The van der Waals surface area contributed by atoms with Gasteiger partial charge in [0.15, 0.2) is 0 Å². The van der Waals surface area contributed by atoms with Gasteiger partial charge in [-0.2, -0.15) is 0 Å². The third-order valence-electron chi connectivity index (χ3n) is 3.88. The fourth-order valence-corrected chi connectivity index (χ4v) is 3.05. The minimum absolute atomic E-state index is 0.0234. The summed E-state index contributed by atoms with van der Waals surface area (Å²) in [4.78, 5) is 28.2. The fourth-order valence-electron chi connectivity index (χ4n) is 3.05. The molecule has 0 spiro atoms. The molecule has 1 fully saturated rings. The SMILES string of the molecule is Cc1cc(C)cc(C(=O)N2CC(=O)N(CC(C)C)CC(O)C2)c1. The fraction of sp³-hybridized carbons (Fsp3) is 0.556. The van der Waals surface area contributed by atoms with E-state index in [9.17, 15) is 14.7 Å². The smallest absolute Gasteiger partial charge is 0.254 e. The quantitative estimate of drug-likeness (QED) is 0.921. The van der Waals surface area contributed by atoms with Crippen molar-refractivity contribution in [1.29, 1.82) is 0 Å². The zero-order valence-corrected chi connectivity index (χ0v) is 14.4. The van der Waals surface area contributed by atoms with Gasteiger partial charge in [0.25, 0.3) is 5.91 Å². The third-order valence-corrected chi connectivity index (χ3v) is 3.88. The van der Waals surface area contributed by atoms with Gasteiger partial charge >= 0.3 is 0 Å². The number of aliphatic hydroxyl groups excluding tert-OH is 1. The number of rotatable bonds is 3. The zero-order chi connectivity index (χ0) is 17.1. The summed E-state index contributed by atoms with van der Waals surface area (Å²) in [6.07, 6.45) is -0.713. The van der Waals surface area contributed by atoms with Crippen LogP contribution in [0.2, 0.25) is 0 Å². The molecule has 1 N–H and O–H groups in total. The predicted octanol–water partition coefficient (Wildman–Crippen LogP) is 1.60. The first-order chi connectivity index (χ1) is 10.8. The standard InChI is InChI=1S/C18H26N2O3/c1-12(2)8-19-9-16(21)10-20(11-17(19)22)18(23)15-6-13(3)5-14(4)7-15/h5-7,12,16,21H,8-11H2,1-4H3. The van der Waals surface area contributed by atoms with Crippen molar-refractivity contribution in [3.05, 3.63) is 34.9 Å². The van der Waals surface area contributed by atoms with Crippen LogP contribution >= 0.6 is 0 Å². The van der Waals surface area contributed by atoms with E-state index in [1.807, 2.05) is 45.9 Å². The highest BCUT2D eigenvalue weighted by molar-refractivity contribution is 5.97. The van der Waals surface area contributed by atoms with Gasteiger partial charge in [-0.25, -0.2) is 0 Å². The summed E-state index contributed by atoms with van der Waals surface area (Å²) < 4.78 is 0. The summed E-state index contributed by atoms with van der Waals surface area (Å²) in [7, 11) is 0. The number of hydrogen-bond acceptors (Lipinski definition) is 3. The highest BCUT2D eigenvalue weighted by Crippen LogP contribution is 2.15. The Hall–Kier alpha value is -1.88. The molecule has 0 aromatic heterocycles. The first kappa shape index (κ1) is 17.5. The summed E-state index contributed by atoms with van der Waals surface area (Å²) in [5.74, 6) is 0.0244. The Kier molecular flexibility index (Phi) is 5.42. The van der Waals surface area contributed by atoms with Crippen molar-refractivity contribution >= 4 is 11.8 Å². The van der Waals surface area contributed by atoms with Crippen LogP contribution in [0.3, 0.4) is 0 Å². The molecule has 0 bridgehead atoms. The Bertz CT molecular complexity index is 578. The molecule has 1 aliphatic heterocycles. The van der Waals surface area contributed by atoms with Crippen molar-refractivity contribution in [2.24, 2.45) is 5.92 Å². The maximum atomic E-state index is 12.7. The minimum Gasteiger partial charge on any atom is -0.389 e. The van der Waals surface area contributed by atoms with Crippen LogP contribution in [0, 0.1) is 19.8 Å². The monoisotopic (exact) mass is 318 g/mol. The molecule has 0 radical (unpaired) electrons. The van der Waals surface area contributed by atoms with Gasteiger partial charge in [0.1, 0.15) is 6.54 Å². The van der Waals surface area contributed by atoms with Gasteiger partial charge in [-0.3, -0.25) is 9.59 Å². The second kappa shape index (κ2) is 7.13. The number of amides is 2. The van der Waals surface area contributed by atoms with Crippen LogP contribution in [0.5, 0.6) is 0 Å². The topological polar surface area (TPSA) is 60.9 Å². The molecule has 5 heteroatoms. The molecular formula is C18H26N2O3. The molecule has 1 heterocycles. The van der Waals surface area contributed by atoms with Crippen molar-refractivity contribution in [2.45, 2.75) is 33.8 Å². The lowest BCUT2D eigenvalue weighted by molar-refractivity contribution is -0.131. The Labute approximate surface area is 137 Å². The van der Waals surface area contributed by atoms with E-state index in [4.69, 9.17) is 0 Å². The molecule has 1 atom stereocenters. The number of nitrogens with zero attached hydrogens (tertiary/aromatic N) is 2. The van der Waals surface area contributed by atoms with Crippen molar-refractivity contribution in [3.8, 4) is 0 Å². The lowest BCUT2D eigenvalue weighted by Crippen LogP contribution is -2.40. The molecule has 126 valence electrons. The second-order valence-corrected chi connectivity index (χ2v) is 6.91. The predicted molar refractivity (Wildman–Crippen MR) is 89.2 cm³/mol. The average Bonchev–Trinajstić information content (AvgIpc) is 2.56.